The van der Waals surface area contributed by atoms with Crippen LogP contribution in [0.3, 0.4) is 0 Å². The molecule has 6 heteroatoms. The molecule has 0 saturated heterocycles. The van der Waals surface area contributed by atoms with Crippen molar-refractivity contribution in [2.45, 2.75) is 24.8 Å². The van der Waals surface area contributed by atoms with E-state index >= 15 is 0 Å². The van der Waals surface area contributed by atoms with Crippen LogP contribution in [-0.4, -0.2) is 27.0 Å². The largest absolute Gasteiger partial charge is 0.361 e. The number of benzene rings is 4. The van der Waals surface area contributed by atoms with Crippen LogP contribution >= 0.6 is 0 Å². The molecule has 2 N–H and O–H groups in total. The zero-order chi connectivity index (χ0) is 28.1. The maximum atomic E-state index is 13.5. The predicted octanol–water partition coefficient (Wildman–Crippen LogP) is 6.64. The summed E-state index contributed by atoms with van der Waals surface area (Å²) in [6.07, 6.45) is 7.55. The molecular weight excluding hydrogens is 511 g/mol. The van der Waals surface area contributed by atoms with Crippen molar-refractivity contribution in [1.82, 2.24) is 19.9 Å². The number of carbonyl (C=O) groups is 1. The Hall–Kier alpha value is -4.97. The summed E-state index contributed by atoms with van der Waals surface area (Å²) in [4.78, 5) is 20.5. The van der Waals surface area contributed by atoms with Crippen LogP contribution in [-0.2, 0) is 23.2 Å². The number of aromatic nitrogens is 3. The molecule has 204 valence electrons. The van der Waals surface area contributed by atoms with Crippen molar-refractivity contribution in [3.8, 4) is 0 Å². The number of fused-ring (bicyclic) bond motifs is 1. The van der Waals surface area contributed by atoms with Crippen molar-refractivity contribution in [2.24, 2.45) is 0 Å². The first-order chi connectivity index (χ1) is 20.1. The maximum absolute atomic E-state index is 13.5. The Morgan fingerprint density at radius 2 is 1.46 bits per heavy atom. The minimum atomic E-state index is -0.592. The molecule has 0 unspecified atom stereocenters. The van der Waals surface area contributed by atoms with Crippen LogP contribution in [0, 0.1) is 5.82 Å². The van der Waals surface area contributed by atoms with Gasteiger partial charge in [0.25, 0.3) is 0 Å². The topological polar surface area (TPSA) is 62.7 Å². The zero-order valence-electron chi connectivity index (χ0n) is 22.6. The van der Waals surface area contributed by atoms with Crippen LogP contribution < -0.4 is 5.32 Å². The molecule has 1 amide bonds. The fourth-order valence-electron chi connectivity index (χ4n) is 5.70. The highest BCUT2D eigenvalue weighted by Gasteiger charge is 2.38. The highest BCUT2D eigenvalue weighted by atomic mass is 19.1. The van der Waals surface area contributed by atoms with E-state index in [0.29, 0.717) is 12.1 Å². The summed E-state index contributed by atoms with van der Waals surface area (Å²) in [6.45, 7) is 0.546. The summed E-state index contributed by atoms with van der Waals surface area (Å²) < 4.78 is 15.7. The highest BCUT2D eigenvalue weighted by Crippen LogP contribution is 2.40. The van der Waals surface area contributed by atoms with E-state index < -0.39 is 5.54 Å². The van der Waals surface area contributed by atoms with Gasteiger partial charge in [-0.1, -0.05) is 91.0 Å². The molecule has 5 nitrogen and oxygen atoms in total. The lowest BCUT2D eigenvalue weighted by molar-refractivity contribution is -0.120. The molecule has 6 rings (SSSR count). The summed E-state index contributed by atoms with van der Waals surface area (Å²) in [7, 11) is 0. The summed E-state index contributed by atoms with van der Waals surface area (Å²) in [5, 5.41) is 3.89. The van der Waals surface area contributed by atoms with Crippen molar-refractivity contribution < 1.29 is 9.18 Å². The van der Waals surface area contributed by atoms with E-state index in [2.05, 4.69) is 93.9 Å². The average molecular weight is 543 g/mol. The molecule has 2 heterocycles. The Morgan fingerprint density at radius 3 is 2.07 bits per heavy atom. The van der Waals surface area contributed by atoms with Crippen molar-refractivity contribution in [3.05, 3.63) is 162 Å². The Kier molecular flexibility index (Phi) is 7.46. The number of amides is 1. The van der Waals surface area contributed by atoms with E-state index in [4.69, 9.17) is 4.98 Å². The van der Waals surface area contributed by atoms with Gasteiger partial charge in [-0.3, -0.25) is 4.79 Å². The Labute approximate surface area is 238 Å². The number of rotatable bonds is 10. The number of nitrogens with zero attached hydrogens (tertiary/aromatic N) is 2. The number of H-pyrrole nitrogens is 1. The van der Waals surface area contributed by atoms with Crippen LogP contribution in [0.2, 0.25) is 0 Å². The minimum absolute atomic E-state index is 0.0583. The van der Waals surface area contributed by atoms with Crippen molar-refractivity contribution in [2.75, 3.05) is 6.54 Å². The molecule has 0 aliphatic rings. The second kappa shape index (κ2) is 11.6. The number of nitrogens with one attached hydrogen (secondary N) is 2. The number of halogens is 1. The van der Waals surface area contributed by atoms with Gasteiger partial charge in [-0.05, 0) is 53.3 Å². The van der Waals surface area contributed by atoms with Crippen LogP contribution in [0.1, 0.15) is 34.4 Å². The number of hydrogen-bond acceptors (Lipinski definition) is 2. The van der Waals surface area contributed by atoms with Gasteiger partial charge in [0.05, 0.1) is 18.4 Å². The van der Waals surface area contributed by atoms with E-state index in [0.717, 1.165) is 46.2 Å². The van der Waals surface area contributed by atoms with Gasteiger partial charge in [-0.15, -0.1) is 0 Å². The third kappa shape index (κ3) is 5.29. The van der Waals surface area contributed by atoms with Gasteiger partial charge >= 0.3 is 0 Å². The lowest BCUT2D eigenvalue weighted by atomic mass is 9.77. The van der Waals surface area contributed by atoms with E-state index in [1.807, 2.05) is 24.5 Å². The standard InChI is InChI=1S/C35H31FN4O/c36-30-18-19-32-26(23-38-33(32)22-30)21-34(41)37-20-10-17-31-24-40(25-39-31)35(27-11-4-1-5-12-27,28-13-6-2-7-14-28)29-15-8-3-9-16-29/h1-9,11-16,18-19,22-25,38H,10,17,20-21H2,(H,37,41). The van der Waals surface area contributed by atoms with Crippen molar-refractivity contribution >= 4 is 16.8 Å². The number of imidazole rings is 1. The molecule has 0 fully saturated rings. The smallest absolute Gasteiger partial charge is 0.224 e. The van der Waals surface area contributed by atoms with Gasteiger partial charge in [0.1, 0.15) is 11.4 Å². The SMILES string of the molecule is O=C(Cc1c[nH]c2cc(F)ccc12)NCCCc1cn(C(c2ccccc2)(c2ccccc2)c2ccccc2)cn1. The summed E-state index contributed by atoms with van der Waals surface area (Å²) >= 11 is 0. The first-order valence-corrected chi connectivity index (χ1v) is 13.9. The fourth-order valence-corrected chi connectivity index (χ4v) is 5.70. The normalized spacial score (nSPS) is 11.5. The molecule has 0 aliphatic carbocycles. The molecule has 0 aliphatic heterocycles. The number of aromatic amines is 1. The fraction of sp³-hybridized carbons (Fsp3) is 0.143. The zero-order valence-corrected chi connectivity index (χ0v) is 22.6. The molecule has 6 aromatic rings. The third-order valence-corrected chi connectivity index (χ3v) is 7.61. The first kappa shape index (κ1) is 26.3. The Bertz CT molecular complexity index is 1650. The summed E-state index contributed by atoms with van der Waals surface area (Å²) in [5.74, 6) is -0.358. The molecule has 2 aromatic heterocycles. The highest BCUT2D eigenvalue weighted by molar-refractivity contribution is 5.88. The van der Waals surface area contributed by atoms with E-state index in [9.17, 15) is 9.18 Å². The quantitative estimate of drug-likeness (QED) is 0.151. The Balaban J connectivity index is 1.19. The number of carbonyl (C=O) groups excluding carboxylic acids is 1. The third-order valence-electron chi connectivity index (χ3n) is 7.61. The second-order valence-corrected chi connectivity index (χ2v) is 10.2. The monoisotopic (exact) mass is 542 g/mol. The van der Waals surface area contributed by atoms with Crippen LogP contribution in [0.25, 0.3) is 10.9 Å². The molecule has 0 bridgehead atoms. The van der Waals surface area contributed by atoms with Gasteiger partial charge < -0.3 is 14.9 Å². The molecular formula is C35H31FN4O. The summed E-state index contributed by atoms with van der Waals surface area (Å²) in [5.41, 5.74) is 5.36. The van der Waals surface area contributed by atoms with Gasteiger partial charge in [0.15, 0.2) is 0 Å². The molecule has 0 atom stereocenters. The molecule has 41 heavy (non-hydrogen) atoms. The van der Waals surface area contributed by atoms with E-state index in [1.54, 1.807) is 12.3 Å². The number of hydrogen-bond donors (Lipinski definition) is 2. The lowest BCUT2D eigenvalue weighted by Gasteiger charge is -2.37. The van der Waals surface area contributed by atoms with Crippen LogP contribution in [0.5, 0.6) is 0 Å². The molecule has 0 saturated carbocycles. The maximum Gasteiger partial charge on any atom is 0.224 e. The Morgan fingerprint density at radius 1 is 0.854 bits per heavy atom. The van der Waals surface area contributed by atoms with Crippen LogP contribution in [0.4, 0.5) is 4.39 Å². The van der Waals surface area contributed by atoms with Crippen LogP contribution in [0.15, 0.2) is 128 Å². The van der Waals surface area contributed by atoms with Gasteiger partial charge in [0, 0.05) is 29.8 Å². The minimum Gasteiger partial charge on any atom is -0.361 e. The van der Waals surface area contributed by atoms with E-state index in [-0.39, 0.29) is 18.1 Å². The van der Waals surface area contributed by atoms with Gasteiger partial charge in [0.2, 0.25) is 5.91 Å². The van der Waals surface area contributed by atoms with E-state index in [1.165, 1.54) is 12.1 Å². The predicted molar refractivity (Wildman–Crippen MR) is 160 cm³/mol. The number of aryl methyl sites for hydroxylation is 1. The van der Waals surface area contributed by atoms with Crippen molar-refractivity contribution in [1.29, 1.82) is 0 Å². The summed E-state index contributed by atoms with van der Waals surface area (Å²) in [6, 6.07) is 36.1. The van der Waals surface area contributed by atoms with Gasteiger partial charge in [-0.25, -0.2) is 9.37 Å². The van der Waals surface area contributed by atoms with Gasteiger partial charge in [-0.2, -0.15) is 0 Å². The average Bonchev–Trinajstić information content (AvgIpc) is 3.65. The lowest BCUT2D eigenvalue weighted by Crippen LogP contribution is -2.36. The molecule has 4 aromatic carbocycles. The molecule has 0 spiro atoms. The van der Waals surface area contributed by atoms with Crippen molar-refractivity contribution in [3.63, 3.8) is 0 Å². The second-order valence-electron chi connectivity index (χ2n) is 10.2. The molecule has 0 radical (unpaired) electrons. The first-order valence-electron chi connectivity index (χ1n) is 13.9.